The van der Waals surface area contributed by atoms with Gasteiger partial charge in [0.2, 0.25) is 0 Å². The summed E-state index contributed by atoms with van der Waals surface area (Å²) in [7, 11) is -4.22. The summed E-state index contributed by atoms with van der Waals surface area (Å²) in [6, 6.07) is 5.64. The average Bonchev–Trinajstić information content (AvgIpc) is 2.14. The normalized spacial score (nSPS) is 11.7. The fraction of sp³-hybridized carbons (Fsp3) is 0. The summed E-state index contributed by atoms with van der Waals surface area (Å²) in [5.41, 5.74) is 0. The molecule has 0 fully saturated rings. The van der Waals surface area contributed by atoms with Crippen LogP contribution in [0.4, 0.5) is 0 Å². The van der Waals surface area contributed by atoms with Crippen LogP contribution >= 0.6 is 12.0 Å². The first-order valence-corrected chi connectivity index (χ1v) is 6.05. The number of rotatable bonds is 4. The maximum atomic E-state index is 8.90. The summed E-state index contributed by atoms with van der Waals surface area (Å²) in [6.07, 6.45) is 0. The Morgan fingerprint density at radius 1 is 1.07 bits per heavy atom. The van der Waals surface area contributed by atoms with E-state index in [9.17, 15) is 0 Å². The van der Waals surface area contributed by atoms with Crippen LogP contribution in [0.15, 0.2) is 29.2 Å². The van der Waals surface area contributed by atoms with Crippen molar-refractivity contribution in [1.82, 2.24) is 0 Å². The van der Waals surface area contributed by atoms with E-state index in [0.29, 0.717) is 4.90 Å². The fourth-order valence-electron chi connectivity index (χ4n) is 0.789. The molecule has 8 heteroatoms. The molecule has 1 rings (SSSR count). The van der Waals surface area contributed by atoms with Gasteiger partial charge in [-0.05, 0) is 12.1 Å². The van der Waals surface area contributed by atoms with E-state index in [1.807, 2.05) is 0 Å². The molecule has 0 aliphatic heterocycles. The summed E-state index contributed by atoms with van der Waals surface area (Å²) in [4.78, 5) is 27.3. The van der Waals surface area contributed by atoms with E-state index in [4.69, 9.17) is 19.6 Å². The van der Waals surface area contributed by atoms with Gasteiger partial charge in [0.15, 0.2) is 0 Å². The first-order chi connectivity index (χ1) is 6.54. The third-order valence-electron chi connectivity index (χ3n) is 1.40. The largest absolute Gasteiger partial charge is 0.528 e. The highest BCUT2D eigenvalue weighted by molar-refractivity contribution is 7.94. The van der Waals surface area contributed by atoms with Crippen LogP contribution in [0.2, 0.25) is 0 Å². The molecule has 0 saturated carbocycles. The van der Waals surface area contributed by atoms with Crippen LogP contribution in [-0.2, 0) is 9.37 Å². The van der Waals surface area contributed by atoms with Crippen molar-refractivity contribution in [1.29, 1.82) is 0 Å². The van der Waals surface area contributed by atoms with E-state index in [1.165, 1.54) is 24.3 Å². The van der Waals surface area contributed by atoms with Crippen LogP contribution in [-0.4, -0.2) is 28.4 Å². The third kappa shape index (κ3) is 3.36. The smallest absolute Gasteiger partial charge is 0.386 e. The van der Waals surface area contributed by atoms with E-state index in [1.54, 1.807) is 0 Å². The summed E-state index contributed by atoms with van der Waals surface area (Å²) in [5, 5.41) is 11.3. The molecule has 6 nitrogen and oxygen atoms in total. The molecule has 0 aromatic heterocycles. The van der Waals surface area contributed by atoms with Gasteiger partial charge in [-0.15, -0.1) is 4.33 Å². The summed E-state index contributed by atoms with van der Waals surface area (Å²) in [5.74, 6) is 0. The Balaban J connectivity index is 2.69. The molecule has 0 spiro atoms. The van der Waals surface area contributed by atoms with E-state index in [0.717, 1.165) is 12.0 Å². The summed E-state index contributed by atoms with van der Waals surface area (Å²) in [6.45, 7) is 0. The highest BCUT2D eigenvalue weighted by atomic mass is 32.2. The molecular weight excluding hydrogens is 228 g/mol. The Kier molecular flexibility index (Phi) is 4.04. The summed E-state index contributed by atoms with van der Waals surface area (Å²) < 4.78 is 4.14. The van der Waals surface area contributed by atoms with Crippen LogP contribution in [0.5, 0.6) is 0 Å². The molecule has 0 saturated heterocycles. The molecule has 0 radical (unpaired) electrons. The number of hydrogen-bond acceptors (Lipinski definition) is 7. The standard InChI is InChI=1S/C6H8O6SSi/c7-11-12-13-5-1-3-6(4-2-5)14(8,9)10/h1-4,7-10H. The van der Waals surface area contributed by atoms with Gasteiger partial charge in [-0.3, -0.25) is 0 Å². The molecule has 0 aliphatic rings. The van der Waals surface area contributed by atoms with Crippen LogP contribution < -0.4 is 5.19 Å². The van der Waals surface area contributed by atoms with Crippen molar-refractivity contribution in [2.75, 3.05) is 0 Å². The monoisotopic (exact) mass is 236 g/mol. The van der Waals surface area contributed by atoms with Gasteiger partial charge in [-0.2, -0.15) is 0 Å². The molecule has 0 heterocycles. The van der Waals surface area contributed by atoms with Gasteiger partial charge in [-0.25, -0.2) is 5.26 Å². The highest BCUT2D eigenvalue weighted by Crippen LogP contribution is 2.17. The maximum Gasteiger partial charge on any atom is 0.528 e. The molecule has 4 N–H and O–H groups in total. The Hall–Kier alpha value is -0.453. The van der Waals surface area contributed by atoms with Gasteiger partial charge < -0.3 is 14.4 Å². The quantitative estimate of drug-likeness (QED) is 0.236. The predicted molar refractivity (Wildman–Crippen MR) is 49.1 cm³/mol. The van der Waals surface area contributed by atoms with Gasteiger partial charge in [-0.1, -0.05) is 17.2 Å². The Morgan fingerprint density at radius 3 is 2.07 bits per heavy atom. The lowest BCUT2D eigenvalue weighted by Crippen LogP contribution is -2.48. The Morgan fingerprint density at radius 2 is 1.64 bits per heavy atom. The molecular formula is C6H8O6SSi. The Labute approximate surface area is 84.8 Å². The SMILES string of the molecule is OOOSc1ccc([Si](O)(O)O)cc1. The van der Waals surface area contributed by atoms with Gasteiger partial charge in [0.05, 0.1) is 12.0 Å². The lowest BCUT2D eigenvalue weighted by atomic mass is 10.4. The van der Waals surface area contributed by atoms with E-state index < -0.39 is 8.80 Å². The van der Waals surface area contributed by atoms with Crippen molar-refractivity contribution in [2.24, 2.45) is 0 Å². The first-order valence-electron chi connectivity index (χ1n) is 3.46. The molecule has 0 unspecified atom stereocenters. The van der Waals surface area contributed by atoms with Gasteiger partial charge in [0.1, 0.15) is 0 Å². The average molecular weight is 236 g/mol. The van der Waals surface area contributed by atoms with Crippen LogP contribution in [0.25, 0.3) is 0 Å². The molecule has 1 aromatic carbocycles. The summed E-state index contributed by atoms with van der Waals surface area (Å²) >= 11 is 0.738. The van der Waals surface area contributed by atoms with Gasteiger partial charge in [0.25, 0.3) is 0 Å². The van der Waals surface area contributed by atoms with Crippen LogP contribution in [0.3, 0.4) is 0 Å². The minimum Gasteiger partial charge on any atom is -0.386 e. The van der Waals surface area contributed by atoms with Gasteiger partial charge >= 0.3 is 8.80 Å². The molecule has 1 aromatic rings. The highest BCUT2D eigenvalue weighted by Gasteiger charge is 2.29. The lowest BCUT2D eigenvalue weighted by Gasteiger charge is -2.09. The second kappa shape index (κ2) is 4.86. The van der Waals surface area contributed by atoms with Crippen molar-refractivity contribution in [3.8, 4) is 0 Å². The van der Waals surface area contributed by atoms with E-state index in [-0.39, 0.29) is 5.19 Å². The zero-order chi connectivity index (χ0) is 10.6. The van der Waals surface area contributed by atoms with Gasteiger partial charge in [0, 0.05) is 10.1 Å². The topological polar surface area (TPSA) is 99.4 Å². The predicted octanol–water partition coefficient (Wildman–Crippen LogP) is -0.762. The second-order valence-corrected chi connectivity index (χ2v) is 5.01. The third-order valence-corrected chi connectivity index (χ3v) is 3.10. The number of benzene rings is 1. The second-order valence-electron chi connectivity index (χ2n) is 2.39. The van der Waals surface area contributed by atoms with Crippen molar-refractivity contribution < 1.29 is 29.0 Å². The van der Waals surface area contributed by atoms with E-state index >= 15 is 0 Å². The molecule has 0 bridgehead atoms. The van der Waals surface area contributed by atoms with Crippen LogP contribution in [0, 0.1) is 0 Å². The number of hydrogen-bond donors (Lipinski definition) is 4. The minimum absolute atomic E-state index is 0.0618. The molecule has 78 valence electrons. The minimum atomic E-state index is -4.22. The molecule has 0 aliphatic carbocycles. The van der Waals surface area contributed by atoms with Crippen molar-refractivity contribution in [2.45, 2.75) is 4.90 Å². The van der Waals surface area contributed by atoms with E-state index in [2.05, 4.69) is 9.37 Å². The van der Waals surface area contributed by atoms with Crippen molar-refractivity contribution in [3.63, 3.8) is 0 Å². The maximum absolute atomic E-state index is 8.90. The van der Waals surface area contributed by atoms with Crippen molar-refractivity contribution >= 4 is 26.0 Å². The van der Waals surface area contributed by atoms with Crippen LogP contribution in [0.1, 0.15) is 0 Å². The molecule has 0 amide bonds. The molecule has 14 heavy (non-hydrogen) atoms. The Bertz CT molecular complexity index is 283. The zero-order valence-electron chi connectivity index (χ0n) is 6.82. The fourth-order valence-corrected chi connectivity index (χ4v) is 1.76. The first kappa shape index (κ1) is 11.6. The lowest BCUT2D eigenvalue weighted by molar-refractivity contribution is -0.432. The molecule has 0 atom stereocenters. The zero-order valence-corrected chi connectivity index (χ0v) is 8.64. The van der Waals surface area contributed by atoms with Crippen molar-refractivity contribution in [3.05, 3.63) is 24.3 Å².